The van der Waals surface area contributed by atoms with Crippen LogP contribution in [0, 0.1) is 24.7 Å². The van der Waals surface area contributed by atoms with Crippen LogP contribution in [0.3, 0.4) is 0 Å². The quantitative estimate of drug-likeness (QED) is 0.00593. The fourth-order valence-corrected chi connectivity index (χ4v) is 9.85. The molecular weight excluding hydrogens is 1430 g/mol. The summed E-state index contributed by atoms with van der Waals surface area (Å²) in [6.45, 7) is 36.4. The molecule has 0 aromatic rings. The van der Waals surface area contributed by atoms with Gasteiger partial charge in [0.2, 0.25) is 0 Å². The number of carbonyl (C=O) groups excluding carboxylic acids is 2. The minimum absolute atomic E-state index is 0. The Labute approximate surface area is 661 Å². The van der Waals surface area contributed by atoms with Crippen LogP contribution in [0.2, 0.25) is 0 Å². The molecule has 0 aromatic carbocycles. The molecule has 1 N–H and O–H groups in total. The van der Waals surface area contributed by atoms with Gasteiger partial charge in [-0.15, -0.1) is 36.0 Å². The predicted molar refractivity (Wildman–Crippen MR) is 469 cm³/mol. The van der Waals surface area contributed by atoms with Gasteiger partial charge < -0.3 is 19.4 Å². The molecule has 0 heterocycles. The first-order chi connectivity index (χ1) is 49.4. The van der Waals surface area contributed by atoms with Gasteiger partial charge in [0.1, 0.15) is 26.1 Å². The molecule has 0 aliphatic carbocycles. The molecule has 0 amide bonds. The Morgan fingerprint density at radius 2 is 0.714 bits per heavy atom. The van der Waals surface area contributed by atoms with E-state index in [1.807, 2.05) is 32.1 Å². The van der Waals surface area contributed by atoms with Crippen molar-refractivity contribution in [1.82, 2.24) is 0 Å². The number of terminal acetylenes is 2. The third-order valence-electron chi connectivity index (χ3n) is 14.9. The summed E-state index contributed by atoms with van der Waals surface area (Å²) >= 11 is 11.2. The summed E-state index contributed by atoms with van der Waals surface area (Å²) in [5, 5.41) is 15.7. The van der Waals surface area contributed by atoms with E-state index in [-0.39, 0.29) is 28.9 Å². The van der Waals surface area contributed by atoms with Crippen molar-refractivity contribution in [2.24, 2.45) is 10.2 Å². The number of aliphatic hydroxyl groups is 1. The smallest absolute Gasteiger partial charge is 0.462 e. The number of esters is 1. The minimum Gasteiger partial charge on any atom is -0.462 e. The summed E-state index contributed by atoms with van der Waals surface area (Å²) in [5.74, 6) is 5.88. The number of halogens is 2. The van der Waals surface area contributed by atoms with Crippen LogP contribution < -0.4 is 0 Å². The van der Waals surface area contributed by atoms with Crippen LogP contribution in [0.15, 0.2) is 162 Å². The van der Waals surface area contributed by atoms with Gasteiger partial charge in [0.25, 0.3) is 0 Å². The topological polar surface area (TPSA) is 198 Å². The third-order valence-corrected chi connectivity index (χ3v) is 16.5. The molecule has 0 aromatic heterocycles. The van der Waals surface area contributed by atoms with Gasteiger partial charge in [-0.1, -0.05) is 131 Å². The monoisotopic (exact) mass is 1570 g/mol. The molecule has 594 valence electrons. The zero-order valence-electron chi connectivity index (χ0n) is 66.2. The van der Waals surface area contributed by atoms with Crippen LogP contribution in [-0.4, -0.2) is 95.1 Å². The Bertz CT molecular complexity index is 2920. The average molecular weight is 1570 g/mol. The van der Waals surface area contributed by atoms with Gasteiger partial charge in [0.15, 0.2) is 0 Å². The van der Waals surface area contributed by atoms with Gasteiger partial charge in [-0.25, -0.2) is 0 Å². The van der Waals surface area contributed by atoms with E-state index in [4.69, 9.17) is 75.5 Å². The van der Waals surface area contributed by atoms with E-state index in [0.717, 1.165) is 167 Å². The summed E-state index contributed by atoms with van der Waals surface area (Å²) in [6, 6.07) is 0. The summed E-state index contributed by atoms with van der Waals surface area (Å²) in [7, 11) is 9.27. The number of nitrogens with zero attached hydrogens (tertiary/aromatic N) is 6. The number of carbonyl (C=O) groups is 2. The molecule has 0 saturated carbocycles. The molecule has 0 bridgehead atoms. The SMILES string of the molecule is C.C.C#CCOCCC/C(C)=C/CC/C(C)=C/CCl.C#CCOCCC/C(C)=C/CC/C(C)=C/CO[P+]#P.C/C(=C\CCl)CC/C=C(\C)CCCN=[N+]=[N-].C/C(=C\CO[P+]#P)CC/C=C(\C)CCCN=[N+]=[N-].CC(=O)OC/C=C(\C)CC/C=C(\C)CCC=O.CC(C)=CCC/C(C)=C/CC/C(C)=C/CO.[2HH]. The Morgan fingerprint density at radius 3 is 0.990 bits per heavy atom. The molecule has 20 heteroatoms. The number of aldehydes is 1. The van der Waals surface area contributed by atoms with Crippen LogP contribution in [0.1, 0.15) is 274 Å². The number of alkyl halides is 2. The number of allylic oxidation sites excluding steroid dienone is 22. The average Bonchev–Trinajstić information content (AvgIpc) is 1.31. The van der Waals surface area contributed by atoms with E-state index in [2.05, 4.69) is 192 Å². The third kappa shape index (κ3) is 111. The second-order valence-corrected chi connectivity index (χ2v) is 27.7. The van der Waals surface area contributed by atoms with E-state index in [1.54, 1.807) is 0 Å². The molecule has 0 radical (unpaired) electrons. The van der Waals surface area contributed by atoms with Crippen molar-refractivity contribution in [1.29, 1.82) is 0 Å². The number of hydrogen-bond donors (Lipinski definition) is 1. The van der Waals surface area contributed by atoms with Crippen molar-refractivity contribution in [2.45, 2.75) is 273 Å². The standard InChI is InChI=1S/C15H23ClO.C15H23O2P2.C15H26O.C14H22O3.C12H20ClN3.C12H20N3OP2.2CH4.H2/c1-4-12-17-13-6-9-14(2)7-5-8-15(3)10-11-16;1-4-11-16-12-6-9-14(2)7-5-8-15(3)10-13-17-19-18;1-13(2)7-5-8-14(3)9-6-10-15(4)11-12-16;1-12(8-5-10-15)6-4-7-13(2)9-11-17-14(3)16;1-11(7-4-10-15-16-14)5-3-6-12(2)8-9-13;1-11(7-4-9-14-15-13)5-3-6-12(2)8-10-16-18-17;;;/h1,7,10H,5-6,8-9,11-13H2,2-3H3;1,7,10H,5-6,8-9,11-13H2,2-3H3;7,9,11,16H,5-6,8,10,12H2,1-4H3;6,9-10H,4-5,7-8,11H2,1-3H3;5,8H,3-4,6-7,9-10H2,1-2H3;5,8H,3-4,6-7,9-10H2,1-2H3;2*1H4;1H/q;+1;;;;+1;;;/b2*14-7+,15-10+;14-9+,15-11+;12-6+,13-9+;2*11-5+,12-8+;;;/i;;;;;;;;1+1. The zero-order chi connectivity index (χ0) is 78.6. The van der Waals surface area contributed by atoms with E-state index >= 15 is 0 Å². The molecule has 0 unspecified atom stereocenters. The van der Waals surface area contributed by atoms with E-state index in [9.17, 15) is 9.59 Å². The van der Waals surface area contributed by atoms with Gasteiger partial charge >= 0.3 is 209 Å². The van der Waals surface area contributed by atoms with E-state index in [1.165, 1.54) is 79.4 Å². The first kappa shape index (κ1) is 116. The number of ether oxygens (including phenoxy) is 3. The van der Waals surface area contributed by atoms with Crippen LogP contribution >= 0.6 is 55.7 Å². The summed E-state index contributed by atoms with van der Waals surface area (Å²) in [5.41, 5.74) is 33.8. The zero-order valence-corrected chi connectivity index (χ0v) is 71.3. The second kappa shape index (κ2) is 95.7. The first-order valence-electron chi connectivity index (χ1n) is 36.2. The van der Waals surface area contributed by atoms with Crippen molar-refractivity contribution in [2.75, 3.05) is 77.7 Å². The van der Waals surface area contributed by atoms with Crippen molar-refractivity contribution < 1.29 is 39.4 Å². The number of azide groups is 2. The summed E-state index contributed by atoms with van der Waals surface area (Å²) in [4.78, 5) is 26.2. The Balaban J connectivity index is -0.000000151. The number of aliphatic hydroxyl groups excluding tert-OH is 1. The fraction of sp³-hybridized carbons (Fsp3) is 0.624. The Kier molecular flexibility index (Phi) is 106. The molecular formula is C85H144Cl2N6O8P4+2. The Hall–Kier alpha value is -4.40. The summed E-state index contributed by atoms with van der Waals surface area (Å²) in [6.07, 6.45) is 63.7. The van der Waals surface area contributed by atoms with Crippen molar-refractivity contribution >= 4 is 68.0 Å². The van der Waals surface area contributed by atoms with Crippen molar-refractivity contribution in [3.63, 3.8) is 0 Å². The number of hydrogen-bond acceptors (Lipinski definition) is 10. The maximum absolute atomic E-state index is 10.5. The predicted octanol–water partition coefficient (Wildman–Crippen LogP) is 29.7. The van der Waals surface area contributed by atoms with E-state index in [0.29, 0.717) is 80.1 Å². The summed E-state index contributed by atoms with van der Waals surface area (Å²) < 4.78 is 25.5. The van der Waals surface area contributed by atoms with Gasteiger partial charge in [0.05, 0.1) is 6.61 Å². The van der Waals surface area contributed by atoms with Gasteiger partial charge in [-0.05, 0) is 183 Å². The first-order valence-corrected chi connectivity index (χ1v) is 41.2. The maximum atomic E-state index is 10.5. The van der Waals surface area contributed by atoms with Gasteiger partial charge in [-0.3, -0.25) is 4.79 Å². The van der Waals surface area contributed by atoms with Gasteiger partial charge in [-0.2, -0.15) is 0 Å². The molecule has 0 saturated heterocycles. The fourth-order valence-electron chi connectivity index (χ4n) is 8.64. The minimum atomic E-state index is -0.251. The molecule has 0 atom stereocenters. The van der Waals surface area contributed by atoms with Crippen molar-refractivity contribution in [3.05, 3.63) is 172 Å². The molecule has 0 fully saturated rings. The van der Waals surface area contributed by atoms with Crippen LogP contribution in [0.4, 0.5) is 0 Å². The molecule has 14 nitrogen and oxygen atoms in total. The molecule has 0 spiro atoms. The number of rotatable bonds is 51. The molecule has 0 aliphatic heterocycles. The second-order valence-electron chi connectivity index (χ2n) is 25.2. The normalized spacial score (nSPS) is 12.2. The molecule has 105 heavy (non-hydrogen) atoms. The van der Waals surface area contributed by atoms with Crippen LogP contribution in [0.5, 0.6) is 0 Å². The Morgan fingerprint density at radius 1 is 0.438 bits per heavy atom. The molecule has 0 aliphatic rings. The van der Waals surface area contributed by atoms with Crippen LogP contribution in [0.25, 0.3) is 20.9 Å². The molecule has 0 rings (SSSR count). The van der Waals surface area contributed by atoms with Gasteiger partial charge in [0, 0.05) is 49.5 Å². The van der Waals surface area contributed by atoms with Crippen LogP contribution in [-0.2, 0) is 32.8 Å². The van der Waals surface area contributed by atoms with E-state index < -0.39 is 0 Å². The van der Waals surface area contributed by atoms with Crippen molar-refractivity contribution in [3.8, 4) is 24.7 Å².